The number of amides is 1. The fourth-order valence-corrected chi connectivity index (χ4v) is 3.02. The van der Waals surface area contributed by atoms with Crippen molar-refractivity contribution in [3.8, 4) is 11.8 Å². The van der Waals surface area contributed by atoms with Crippen molar-refractivity contribution >= 4 is 17.7 Å². The van der Waals surface area contributed by atoms with E-state index in [0.717, 1.165) is 12.1 Å². The fourth-order valence-electron chi connectivity index (χ4n) is 3.02. The number of carbonyl (C=O) groups is 1. The lowest BCUT2D eigenvalue weighted by atomic mass is 10.1. The van der Waals surface area contributed by atoms with Gasteiger partial charge in [-0.15, -0.1) is 0 Å². The zero-order valence-corrected chi connectivity index (χ0v) is 16.5. The summed E-state index contributed by atoms with van der Waals surface area (Å²) in [6, 6.07) is 11.8. The van der Waals surface area contributed by atoms with E-state index in [0.29, 0.717) is 22.6 Å². The van der Waals surface area contributed by atoms with Crippen molar-refractivity contribution in [2.75, 3.05) is 5.32 Å². The van der Waals surface area contributed by atoms with E-state index in [2.05, 4.69) is 10.4 Å². The van der Waals surface area contributed by atoms with E-state index in [1.54, 1.807) is 19.9 Å². The molecule has 1 aromatic heterocycles. The third-order valence-corrected chi connectivity index (χ3v) is 4.55. The molecule has 3 aromatic rings. The maximum atomic E-state index is 13.2. The van der Waals surface area contributed by atoms with Gasteiger partial charge in [0.15, 0.2) is 0 Å². The molecule has 0 aliphatic rings. The Morgan fingerprint density at radius 1 is 1.13 bits per heavy atom. The number of aryl methyl sites for hydroxylation is 1. The number of nitrogens with one attached hydrogen (secondary N) is 1. The van der Waals surface area contributed by atoms with E-state index in [9.17, 15) is 27.6 Å². The molecule has 0 radical (unpaired) electrons. The molecule has 0 saturated heterocycles. The van der Waals surface area contributed by atoms with Gasteiger partial charge in [-0.25, -0.2) is 9.07 Å². The Kier molecular flexibility index (Phi) is 5.92. The molecule has 0 unspecified atom stereocenters. The first-order valence-corrected chi connectivity index (χ1v) is 9.03. The lowest BCUT2D eigenvalue weighted by Gasteiger charge is -2.13. The Morgan fingerprint density at radius 3 is 2.39 bits per heavy atom. The number of para-hydroxylation sites is 1. The van der Waals surface area contributed by atoms with Crippen LogP contribution < -0.4 is 5.32 Å². The average molecular weight is 428 g/mol. The van der Waals surface area contributed by atoms with Crippen molar-refractivity contribution in [1.82, 2.24) is 9.78 Å². The Balaban J connectivity index is 1.95. The third kappa shape index (κ3) is 4.64. The van der Waals surface area contributed by atoms with Crippen molar-refractivity contribution in [1.29, 1.82) is 5.26 Å². The van der Waals surface area contributed by atoms with Gasteiger partial charge in [-0.1, -0.05) is 12.1 Å². The van der Waals surface area contributed by atoms with E-state index >= 15 is 0 Å². The lowest BCUT2D eigenvalue weighted by Crippen LogP contribution is -2.17. The standard InChI is InChI=1S/C22H16F4N4O/c1-13-18(14(2)30(29-13)17-9-7-16(23)8-10-17)11-15(12-27)21(31)28-20-6-4-3-5-19(20)22(24,25)26/h3-11H,1-2H3,(H,28,31)/b15-11+. The molecule has 31 heavy (non-hydrogen) atoms. The molecule has 158 valence electrons. The predicted molar refractivity (Wildman–Crippen MR) is 107 cm³/mol. The van der Waals surface area contributed by atoms with Crippen molar-refractivity contribution < 1.29 is 22.4 Å². The summed E-state index contributed by atoms with van der Waals surface area (Å²) in [6.45, 7) is 3.35. The van der Waals surface area contributed by atoms with Gasteiger partial charge in [0.25, 0.3) is 5.91 Å². The van der Waals surface area contributed by atoms with Crippen molar-refractivity contribution in [3.63, 3.8) is 0 Å². The van der Waals surface area contributed by atoms with Crippen LogP contribution in [0.5, 0.6) is 0 Å². The van der Waals surface area contributed by atoms with Crippen molar-refractivity contribution in [2.24, 2.45) is 0 Å². The lowest BCUT2D eigenvalue weighted by molar-refractivity contribution is -0.137. The van der Waals surface area contributed by atoms with Gasteiger partial charge in [-0.3, -0.25) is 4.79 Å². The Morgan fingerprint density at radius 2 is 1.77 bits per heavy atom. The van der Waals surface area contributed by atoms with Crippen LogP contribution in [0, 0.1) is 31.0 Å². The summed E-state index contributed by atoms with van der Waals surface area (Å²) in [5.41, 5.74) is 0.234. The van der Waals surface area contributed by atoms with Crippen LogP contribution in [0.25, 0.3) is 11.8 Å². The summed E-state index contributed by atoms with van der Waals surface area (Å²) in [6.07, 6.45) is -3.40. The summed E-state index contributed by atoms with van der Waals surface area (Å²) in [5, 5.41) is 15.9. The third-order valence-electron chi connectivity index (χ3n) is 4.55. The van der Waals surface area contributed by atoms with E-state index in [-0.39, 0.29) is 5.57 Å². The van der Waals surface area contributed by atoms with Crippen molar-refractivity contribution in [3.05, 3.63) is 82.4 Å². The molecule has 5 nitrogen and oxygen atoms in total. The molecule has 9 heteroatoms. The number of aromatic nitrogens is 2. The van der Waals surface area contributed by atoms with Gasteiger partial charge in [-0.05, 0) is 56.3 Å². The van der Waals surface area contributed by atoms with Crippen LogP contribution in [0.3, 0.4) is 0 Å². The number of hydrogen-bond donors (Lipinski definition) is 1. The van der Waals surface area contributed by atoms with Crippen LogP contribution >= 0.6 is 0 Å². The first-order valence-electron chi connectivity index (χ1n) is 9.03. The summed E-state index contributed by atoms with van der Waals surface area (Å²) < 4.78 is 54.2. The molecular weight excluding hydrogens is 412 g/mol. The van der Waals surface area contributed by atoms with E-state index in [4.69, 9.17) is 0 Å². The van der Waals surface area contributed by atoms with Crippen LogP contribution in [-0.2, 0) is 11.0 Å². The second-order valence-electron chi connectivity index (χ2n) is 6.64. The van der Waals surface area contributed by atoms with Crippen LogP contribution in [-0.4, -0.2) is 15.7 Å². The molecule has 1 heterocycles. The number of carbonyl (C=O) groups excluding carboxylic acids is 1. The predicted octanol–water partition coefficient (Wildman–Crippen LogP) is 5.19. The molecule has 2 aromatic carbocycles. The quantitative estimate of drug-likeness (QED) is 0.353. The number of rotatable bonds is 4. The highest BCUT2D eigenvalue weighted by atomic mass is 19.4. The number of nitrogens with zero attached hydrogens (tertiary/aromatic N) is 3. The second-order valence-corrected chi connectivity index (χ2v) is 6.64. The molecule has 3 rings (SSSR count). The molecule has 1 N–H and O–H groups in total. The highest BCUT2D eigenvalue weighted by molar-refractivity contribution is 6.10. The van der Waals surface area contributed by atoms with Gasteiger partial charge in [0, 0.05) is 11.3 Å². The SMILES string of the molecule is Cc1nn(-c2ccc(F)cc2)c(C)c1/C=C(\C#N)C(=O)Nc1ccccc1C(F)(F)F. The second kappa shape index (κ2) is 8.44. The van der Waals surface area contributed by atoms with Crippen LogP contribution in [0.4, 0.5) is 23.2 Å². The Bertz CT molecular complexity index is 1200. The Hall–Kier alpha value is -3.93. The van der Waals surface area contributed by atoms with Gasteiger partial charge < -0.3 is 5.32 Å². The number of alkyl halides is 3. The number of nitriles is 1. The number of benzene rings is 2. The fraction of sp³-hybridized carbons (Fsp3) is 0.136. The summed E-state index contributed by atoms with van der Waals surface area (Å²) in [4.78, 5) is 12.5. The Labute approximate surface area is 175 Å². The average Bonchev–Trinajstić information content (AvgIpc) is 3.00. The molecule has 0 bridgehead atoms. The summed E-state index contributed by atoms with van der Waals surface area (Å²) in [7, 11) is 0. The molecular formula is C22H16F4N4O. The first kappa shape index (κ1) is 21.8. The highest BCUT2D eigenvalue weighted by Gasteiger charge is 2.33. The summed E-state index contributed by atoms with van der Waals surface area (Å²) >= 11 is 0. The number of halogens is 4. The van der Waals surface area contributed by atoms with Crippen LogP contribution in [0.1, 0.15) is 22.5 Å². The molecule has 0 atom stereocenters. The highest BCUT2D eigenvalue weighted by Crippen LogP contribution is 2.34. The molecule has 0 aliphatic carbocycles. The zero-order chi connectivity index (χ0) is 22.8. The minimum atomic E-state index is -4.66. The minimum absolute atomic E-state index is 0.387. The van der Waals surface area contributed by atoms with Gasteiger partial charge in [-0.2, -0.15) is 23.5 Å². The minimum Gasteiger partial charge on any atom is -0.321 e. The van der Waals surface area contributed by atoms with Gasteiger partial charge in [0.2, 0.25) is 0 Å². The number of anilines is 1. The monoisotopic (exact) mass is 428 g/mol. The van der Waals surface area contributed by atoms with Gasteiger partial charge in [0.05, 0.1) is 22.6 Å². The van der Waals surface area contributed by atoms with E-state index in [1.807, 2.05) is 0 Å². The van der Waals surface area contributed by atoms with Crippen LogP contribution in [0.2, 0.25) is 0 Å². The normalized spacial score (nSPS) is 11.8. The van der Waals surface area contributed by atoms with Gasteiger partial charge >= 0.3 is 6.18 Å². The molecule has 0 spiro atoms. The van der Waals surface area contributed by atoms with E-state index < -0.39 is 29.2 Å². The van der Waals surface area contributed by atoms with Crippen LogP contribution in [0.15, 0.2) is 54.1 Å². The zero-order valence-electron chi connectivity index (χ0n) is 16.5. The van der Waals surface area contributed by atoms with Gasteiger partial charge in [0.1, 0.15) is 17.5 Å². The molecule has 1 amide bonds. The summed E-state index contributed by atoms with van der Waals surface area (Å²) in [5.74, 6) is -1.39. The van der Waals surface area contributed by atoms with E-state index in [1.165, 1.54) is 47.2 Å². The maximum Gasteiger partial charge on any atom is 0.418 e. The smallest absolute Gasteiger partial charge is 0.321 e. The first-order chi connectivity index (χ1) is 14.6. The molecule has 0 saturated carbocycles. The topological polar surface area (TPSA) is 70.7 Å². The largest absolute Gasteiger partial charge is 0.418 e. The number of hydrogen-bond acceptors (Lipinski definition) is 3. The van der Waals surface area contributed by atoms with Crippen molar-refractivity contribution in [2.45, 2.75) is 20.0 Å². The molecule has 0 fully saturated rings. The maximum absolute atomic E-state index is 13.2. The molecule has 0 aliphatic heterocycles.